The fourth-order valence-electron chi connectivity index (χ4n) is 3.02. The van der Waals surface area contributed by atoms with Crippen molar-refractivity contribution in [3.63, 3.8) is 0 Å². The molecule has 0 bridgehead atoms. The Hall–Kier alpha value is -1.53. The summed E-state index contributed by atoms with van der Waals surface area (Å²) in [5.74, 6) is -0.497. The molecule has 1 heterocycles. The van der Waals surface area contributed by atoms with Gasteiger partial charge in [-0.15, -0.1) is 0 Å². The molecular weight excluding hydrogens is 416 g/mol. The Labute approximate surface area is 173 Å². The number of benzene rings is 1. The topological polar surface area (TPSA) is 116 Å². The van der Waals surface area contributed by atoms with Gasteiger partial charge in [-0.05, 0) is 30.7 Å². The van der Waals surface area contributed by atoms with E-state index in [0.29, 0.717) is 38.3 Å². The summed E-state index contributed by atoms with van der Waals surface area (Å²) in [4.78, 5) is 11.2. The minimum Gasteiger partial charge on any atom is -0.326 e. The number of sulfonamides is 2. The van der Waals surface area contributed by atoms with Gasteiger partial charge in [0, 0.05) is 51.9 Å². The molecule has 29 heavy (non-hydrogen) atoms. The minimum absolute atomic E-state index is 0.0716. The number of rotatable bonds is 10. The summed E-state index contributed by atoms with van der Waals surface area (Å²) in [6, 6.07) is 5.88. The van der Waals surface area contributed by atoms with Crippen LogP contribution in [0.5, 0.6) is 0 Å². The van der Waals surface area contributed by atoms with Crippen molar-refractivity contribution >= 4 is 31.6 Å². The molecule has 0 aliphatic carbocycles. The van der Waals surface area contributed by atoms with E-state index in [-0.39, 0.29) is 29.6 Å². The number of nitrogens with one attached hydrogen (secondary N) is 2. The third-order valence-corrected chi connectivity index (χ3v) is 8.40. The third-order valence-electron chi connectivity index (χ3n) is 4.64. The van der Waals surface area contributed by atoms with Crippen molar-refractivity contribution < 1.29 is 21.6 Å². The molecule has 11 heteroatoms. The Morgan fingerprint density at radius 1 is 1.10 bits per heavy atom. The number of hydrogen-bond donors (Lipinski definition) is 2. The lowest BCUT2D eigenvalue weighted by Crippen LogP contribution is -2.48. The molecular formula is C18H30N4O5S2. The van der Waals surface area contributed by atoms with E-state index in [2.05, 4.69) is 10.6 Å². The Kier molecular flexibility index (Phi) is 8.58. The van der Waals surface area contributed by atoms with E-state index >= 15 is 0 Å². The maximum Gasteiger partial charge on any atom is 0.243 e. The number of carbonyl (C=O) groups is 1. The first-order valence-electron chi connectivity index (χ1n) is 9.73. The fourth-order valence-corrected chi connectivity index (χ4v) is 6.06. The summed E-state index contributed by atoms with van der Waals surface area (Å²) >= 11 is 0. The van der Waals surface area contributed by atoms with E-state index < -0.39 is 20.0 Å². The van der Waals surface area contributed by atoms with Crippen molar-refractivity contribution in [3.05, 3.63) is 24.3 Å². The largest absolute Gasteiger partial charge is 0.326 e. The average Bonchev–Trinajstić information content (AvgIpc) is 2.68. The van der Waals surface area contributed by atoms with E-state index in [9.17, 15) is 21.6 Å². The second-order valence-corrected chi connectivity index (χ2v) is 11.0. The van der Waals surface area contributed by atoms with Crippen molar-refractivity contribution in [1.29, 1.82) is 0 Å². The van der Waals surface area contributed by atoms with Gasteiger partial charge in [0.1, 0.15) is 0 Å². The standard InChI is InChI=1S/C18H30N4O5S2/c1-3-4-11-22(14-15-28(24,25)21-12-9-19-10-13-21)29(26,27)18-7-5-17(6-8-18)20-16(2)23/h5-8,19H,3-4,9-15H2,1-2H3,(H,20,23). The van der Waals surface area contributed by atoms with Crippen LogP contribution in [-0.2, 0) is 24.8 Å². The summed E-state index contributed by atoms with van der Waals surface area (Å²) in [5.41, 5.74) is 0.498. The molecule has 0 saturated carbocycles. The maximum atomic E-state index is 13.1. The number of anilines is 1. The summed E-state index contributed by atoms with van der Waals surface area (Å²) in [7, 11) is -7.37. The molecule has 0 atom stereocenters. The van der Waals surface area contributed by atoms with Gasteiger partial charge < -0.3 is 10.6 Å². The first kappa shape index (κ1) is 23.7. The van der Waals surface area contributed by atoms with Crippen LogP contribution in [0.25, 0.3) is 0 Å². The second-order valence-electron chi connectivity index (χ2n) is 6.93. The zero-order chi connectivity index (χ0) is 21.5. The molecule has 0 aromatic heterocycles. The first-order valence-corrected chi connectivity index (χ1v) is 12.8. The summed E-state index contributed by atoms with van der Waals surface area (Å²) in [5, 5.41) is 5.69. The van der Waals surface area contributed by atoms with Gasteiger partial charge in [-0.2, -0.15) is 8.61 Å². The number of amides is 1. The number of piperazine rings is 1. The summed E-state index contributed by atoms with van der Waals surface area (Å²) in [6.07, 6.45) is 1.43. The zero-order valence-electron chi connectivity index (χ0n) is 16.9. The van der Waals surface area contributed by atoms with Crippen molar-refractivity contribution in [2.24, 2.45) is 0 Å². The first-order chi connectivity index (χ1) is 13.7. The lowest BCUT2D eigenvalue weighted by Gasteiger charge is -2.28. The number of hydrogen-bond acceptors (Lipinski definition) is 6. The molecule has 0 spiro atoms. The molecule has 164 valence electrons. The van der Waals surface area contributed by atoms with Crippen LogP contribution in [0.4, 0.5) is 5.69 Å². The van der Waals surface area contributed by atoms with Gasteiger partial charge >= 0.3 is 0 Å². The zero-order valence-corrected chi connectivity index (χ0v) is 18.6. The highest BCUT2D eigenvalue weighted by atomic mass is 32.2. The molecule has 1 saturated heterocycles. The van der Waals surface area contributed by atoms with Gasteiger partial charge in [0.25, 0.3) is 0 Å². The van der Waals surface area contributed by atoms with Gasteiger partial charge in [-0.1, -0.05) is 13.3 Å². The molecule has 1 aromatic rings. The average molecular weight is 447 g/mol. The number of nitrogens with zero attached hydrogens (tertiary/aromatic N) is 2. The molecule has 9 nitrogen and oxygen atoms in total. The van der Waals surface area contributed by atoms with Crippen LogP contribution in [-0.4, -0.2) is 76.4 Å². The molecule has 1 aliphatic rings. The van der Waals surface area contributed by atoms with Gasteiger partial charge in [-0.25, -0.2) is 16.8 Å². The van der Waals surface area contributed by atoms with Gasteiger partial charge in [-0.3, -0.25) is 4.79 Å². The summed E-state index contributed by atoms with van der Waals surface area (Å²) in [6.45, 7) is 5.46. The fraction of sp³-hybridized carbons (Fsp3) is 0.611. The molecule has 2 rings (SSSR count). The van der Waals surface area contributed by atoms with Crippen LogP contribution in [0.15, 0.2) is 29.2 Å². The highest BCUT2D eigenvalue weighted by molar-refractivity contribution is 7.90. The van der Waals surface area contributed by atoms with Crippen LogP contribution in [0.2, 0.25) is 0 Å². The Bertz CT molecular complexity index is 879. The lowest BCUT2D eigenvalue weighted by atomic mass is 10.3. The smallest absolute Gasteiger partial charge is 0.243 e. The quantitative estimate of drug-likeness (QED) is 0.546. The van der Waals surface area contributed by atoms with Gasteiger partial charge in [0.2, 0.25) is 26.0 Å². The summed E-state index contributed by atoms with van der Waals surface area (Å²) < 4.78 is 54.0. The third kappa shape index (κ3) is 6.75. The highest BCUT2D eigenvalue weighted by Gasteiger charge is 2.29. The lowest BCUT2D eigenvalue weighted by molar-refractivity contribution is -0.114. The Morgan fingerprint density at radius 2 is 1.72 bits per heavy atom. The molecule has 1 aromatic carbocycles. The van der Waals surface area contributed by atoms with Crippen LogP contribution < -0.4 is 10.6 Å². The van der Waals surface area contributed by atoms with Gasteiger partial charge in [0.05, 0.1) is 10.6 Å². The number of carbonyl (C=O) groups excluding carboxylic acids is 1. The maximum absolute atomic E-state index is 13.1. The normalized spacial score (nSPS) is 16.1. The van der Waals surface area contributed by atoms with E-state index in [1.165, 1.54) is 39.8 Å². The molecule has 1 amide bonds. The van der Waals surface area contributed by atoms with Crippen LogP contribution >= 0.6 is 0 Å². The van der Waals surface area contributed by atoms with Gasteiger partial charge in [0.15, 0.2) is 0 Å². The molecule has 1 aliphatic heterocycles. The van der Waals surface area contributed by atoms with Crippen LogP contribution in [0.1, 0.15) is 26.7 Å². The Morgan fingerprint density at radius 3 is 2.28 bits per heavy atom. The predicted octanol–water partition coefficient (Wildman–Crippen LogP) is 0.671. The van der Waals surface area contributed by atoms with Crippen LogP contribution in [0, 0.1) is 0 Å². The highest BCUT2D eigenvalue weighted by Crippen LogP contribution is 2.19. The van der Waals surface area contributed by atoms with Crippen LogP contribution in [0.3, 0.4) is 0 Å². The molecule has 0 unspecified atom stereocenters. The van der Waals surface area contributed by atoms with E-state index in [1.807, 2.05) is 6.92 Å². The second kappa shape index (κ2) is 10.5. The number of unbranched alkanes of at least 4 members (excludes halogenated alkanes) is 1. The van der Waals surface area contributed by atoms with Crippen molar-refractivity contribution in [3.8, 4) is 0 Å². The van der Waals surface area contributed by atoms with E-state index in [0.717, 1.165) is 6.42 Å². The van der Waals surface area contributed by atoms with E-state index in [4.69, 9.17) is 0 Å². The predicted molar refractivity (Wildman–Crippen MR) is 113 cm³/mol. The van der Waals surface area contributed by atoms with Crippen molar-refractivity contribution in [2.45, 2.75) is 31.6 Å². The van der Waals surface area contributed by atoms with Crippen molar-refractivity contribution in [2.75, 3.05) is 50.3 Å². The SMILES string of the molecule is CCCCN(CCS(=O)(=O)N1CCNCC1)S(=O)(=O)c1ccc(NC(C)=O)cc1. The molecule has 2 N–H and O–H groups in total. The Balaban J connectivity index is 2.15. The minimum atomic E-state index is -3.85. The van der Waals surface area contributed by atoms with Crippen molar-refractivity contribution in [1.82, 2.24) is 13.9 Å². The van der Waals surface area contributed by atoms with E-state index in [1.54, 1.807) is 0 Å². The molecule has 0 radical (unpaired) electrons. The molecule has 1 fully saturated rings. The monoisotopic (exact) mass is 446 g/mol.